The van der Waals surface area contributed by atoms with Gasteiger partial charge in [-0.05, 0) is 32.1 Å². The van der Waals surface area contributed by atoms with Crippen molar-refractivity contribution in [1.29, 1.82) is 0 Å². The Hall–Kier alpha value is 1.51. The van der Waals surface area contributed by atoms with Gasteiger partial charge in [-0.25, -0.2) is 8.42 Å². The third-order valence-corrected chi connectivity index (χ3v) is 7.01. The molecule has 0 aliphatic carbocycles. The number of aliphatic hydroxyl groups excluding tert-OH is 1. The van der Waals surface area contributed by atoms with Crippen molar-refractivity contribution in [2.24, 2.45) is 0 Å². The molecule has 1 N–H and O–H groups in total. The molecule has 0 saturated carbocycles. The molecule has 0 spiro atoms. The molecule has 0 aromatic carbocycles. The summed E-state index contributed by atoms with van der Waals surface area (Å²) in [5.41, 5.74) is 0. The summed E-state index contributed by atoms with van der Waals surface area (Å²) in [4.78, 5) is 0. The number of unbranched alkanes of at least 4 members (excludes halogenated alkanes) is 12. The van der Waals surface area contributed by atoms with E-state index >= 15 is 0 Å². The van der Waals surface area contributed by atoms with Gasteiger partial charge in [0, 0.05) is 5.25 Å². The van der Waals surface area contributed by atoms with Crippen molar-refractivity contribution in [1.82, 2.24) is 0 Å². The van der Waals surface area contributed by atoms with E-state index in [1.807, 2.05) is 6.92 Å². The minimum absolute atomic E-state index is 0. The van der Waals surface area contributed by atoms with E-state index in [-0.39, 0.29) is 57.5 Å². The van der Waals surface area contributed by atoms with Crippen molar-refractivity contribution in [3.05, 3.63) is 0 Å². The molecule has 0 heterocycles. The second-order valence-corrected chi connectivity index (χ2v) is 10.2. The summed E-state index contributed by atoms with van der Waals surface area (Å²) < 4.78 is 34.4. The van der Waals surface area contributed by atoms with Gasteiger partial charge in [0.1, 0.15) is 0 Å². The van der Waals surface area contributed by atoms with Crippen LogP contribution in [-0.4, -0.2) is 29.4 Å². The number of hydrogen-bond donors (Lipinski definition) is 1. The van der Waals surface area contributed by atoms with Crippen LogP contribution in [0.2, 0.25) is 0 Å². The molecule has 0 fully saturated rings. The van der Waals surface area contributed by atoms with E-state index in [0.29, 0.717) is 25.7 Å². The summed E-state index contributed by atoms with van der Waals surface area (Å²) in [6.45, 7) is 4.27. The fraction of sp³-hybridized carbons (Fsp3) is 1.00. The van der Waals surface area contributed by atoms with Crippen LogP contribution in [0.1, 0.15) is 136 Å². The monoisotopic (exact) mass is 458 g/mol. The molecule has 0 saturated heterocycles. The van der Waals surface area contributed by atoms with Crippen LogP contribution in [-0.2, 0) is 10.1 Å². The summed E-state index contributed by atoms with van der Waals surface area (Å²) >= 11 is 0. The Morgan fingerprint density at radius 1 is 0.621 bits per heavy atom. The molecule has 0 aromatic heterocycles. The summed E-state index contributed by atoms with van der Waals surface area (Å²) in [6.07, 6.45) is 19.7. The van der Waals surface area contributed by atoms with E-state index in [9.17, 15) is 18.1 Å². The smallest absolute Gasteiger partial charge is 0.748 e. The number of hydrogen-bond acceptors (Lipinski definition) is 4. The quantitative estimate of drug-likeness (QED) is 0.162. The zero-order valence-corrected chi connectivity index (χ0v) is 23.6. The largest absolute Gasteiger partial charge is 1.00 e. The van der Waals surface area contributed by atoms with Gasteiger partial charge in [-0.1, -0.05) is 104 Å². The molecule has 2 unspecified atom stereocenters. The summed E-state index contributed by atoms with van der Waals surface area (Å²) in [7, 11) is -4.22. The van der Waals surface area contributed by atoms with Crippen LogP contribution in [0, 0.1) is 0 Å². The Bertz CT molecular complexity index is 429. The first-order valence-electron chi connectivity index (χ1n) is 12.0. The second-order valence-electron chi connectivity index (χ2n) is 8.52. The van der Waals surface area contributed by atoms with Crippen LogP contribution in [0.4, 0.5) is 0 Å². The van der Waals surface area contributed by atoms with Crippen molar-refractivity contribution in [3.8, 4) is 0 Å². The van der Waals surface area contributed by atoms with Gasteiger partial charge < -0.3 is 9.66 Å². The van der Waals surface area contributed by atoms with Crippen molar-refractivity contribution < 1.29 is 69.5 Å². The van der Waals surface area contributed by atoms with Crippen LogP contribution >= 0.6 is 0 Å². The second kappa shape index (κ2) is 22.7. The minimum Gasteiger partial charge on any atom is -0.748 e. The fourth-order valence-corrected chi connectivity index (χ4v) is 4.79. The van der Waals surface area contributed by atoms with Crippen molar-refractivity contribution in [3.63, 3.8) is 0 Å². The molecular weight excluding hydrogens is 411 g/mol. The van der Waals surface area contributed by atoms with Crippen molar-refractivity contribution in [2.75, 3.05) is 0 Å². The third kappa shape index (κ3) is 22.5. The molecule has 0 aliphatic rings. The zero-order valence-electron chi connectivity index (χ0n) is 19.7. The zero-order chi connectivity index (χ0) is 21.1. The molecule has 0 aromatic rings. The maximum Gasteiger partial charge on any atom is 1.00 e. The van der Waals surface area contributed by atoms with E-state index in [0.717, 1.165) is 32.1 Å². The molecule has 0 rings (SSSR count). The van der Waals surface area contributed by atoms with Gasteiger partial charge in [0.05, 0.1) is 16.2 Å². The standard InChI is InChI=1S/C23H48O4S.K/c1-3-5-6-7-8-9-10-11-12-13-14-15-16-20-23(28(25,26)27)21-17-19-22(24)18-4-2;/h22-24H,3-21H2,1-2H3,(H,25,26,27);/q;+1/p-1. The fourth-order valence-electron chi connectivity index (χ4n) is 3.88. The molecule has 2 atom stereocenters. The Morgan fingerprint density at radius 3 is 1.45 bits per heavy atom. The molecule has 4 nitrogen and oxygen atoms in total. The maximum atomic E-state index is 11.5. The van der Waals surface area contributed by atoms with E-state index in [2.05, 4.69) is 6.92 Å². The Balaban J connectivity index is 0. The third-order valence-electron chi connectivity index (χ3n) is 5.72. The first kappa shape index (κ1) is 32.7. The van der Waals surface area contributed by atoms with Crippen LogP contribution in [0.5, 0.6) is 0 Å². The van der Waals surface area contributed by atoms with Gasteiger partial charge in [0.2, 0.25) is 0 Å². The maximum absolute atomic E-state index is 11.5. The van der Waals surface area contributed by atoms with Gasteiger partial charge in [-0.2, -0.15) is 0 Å². The molecule has 0 amide bonds. The van der Waals surface area contributed by atoms with Crippen LogP contribution in [0.3, 0.4) is 0 Å². The van der Waals surface area contributed by atoms with Gasteiger partial charge >= 0.3 is 51.4 Å². The molecule has 0 aliphatic heterocycles. The van der Waals surface area contributed by atoms with Crippen LogP contribution < -0.4 is 51.4 Å². The van der Waals surface area contributed by atoms with Gasteiger partial charge in [-0.15, -0.1) is 0 Å². The molecule has 6 heteroatoms. The van der Waals surface area contributed by atoms with Crippen molar-refractivity contribution in [2.45, 2.75) is 147 Å². The number of rotatable bonds is 21. The predicted octanol–water partition coefficient (Wildman–Crippen LogP) is 3.72. The average Bonchev–Trinajstić information content (AvgIpc) is 2.63. The van der Waals surface area contributed by atoms with Crippen molar-refractivity contribution >= 4 is 10.1 Å². The predicted molar refractivity (Wildman–Crippen MR) is 119 cm³/mol. The Kier molecular flexibility index (Phi) is 25.6. The first-order valence-corrected chi connectivity index (χ1v) is 13.5. The molecule has 170 valence electrons. The number of aliphatic hydroxyl groups is 1. The molecule has 0 bridgehead atoms. The van der Waals surface area contributed by atoms with Gasteiger partial charge in [0.15, 0.2) is 0 Å². The first-order chi connectivity index (χ1) is 13.4. The Morgan fingerprint density at radius 2 is 1.03 bits per heavy atom. The summed E-state index contributed by atoms with van der Waals surface area (Å²) in [6, 6.07) is 0. The summed E-state index contributed by atoms with van der Waals surface area (Å²) in [5, 5.41) is 8.97. The molecule has 29 heavy (non-hydrogen) atoms. The van der Waals surface area contributed by atoms with Crippen LogP contribution in [0.25, 0.3) is 0 Å². The minimum atomic E-state index is -4.22. The van der Waals surface area contributed by atoms with E-state index in [1.54, 1.807) is 0 Å². The normalized spacial score (nSPS) is 13.8. The van der Waals surface area contributed by atoms with Gasteiger partial charge in [0.25, 0.3) is 0 Å². The Labute approximate surface area is 224 Å². The van der Waals surface area contributed by atoms with E-state index in [1.165, 1.54) is 64.2 Å². The van der Waals surface area contributed by atoms with E-state index < -0.39 is 15.4 Å². The topological polar surface area (TPSA) is 77.4 Å². The van der Waals surface area contributed by atoms with E-state index in [4.69, 9.17) is 0 Å². The summed E-state index contributed by atoms with van der Waals surface area (Å²) in [5.74, 6) is 0. The van der Waals surface area contributed by atoms with Crippen LogP contribution in [0.15, 0.2) is 0 Å². The molecular formula is C23H47KO4S. The SMILES string of the molecule is CCCCCCCCCCCCCCCC(CCCC(O)CCC)S(=O)(=O)[O-].[K+]. The van der Waals surface area contributed by atoms with Gasteiger partial charge in [-0.3, -0.25) is 0 Å². The average molecular weight is 459 g/mol. The molecule has 0 radical (unpaired) electrons.